The maximum absolute atomic E-state index is 11.4. The summed E-state index contributed by atoms with van der Waals surface area (Å²) in [5, 5.41) is 1.64. The van der Waals surface area contributed by atoms with Crippen LogP contribution < -0.4 is 10.5 Å². The molecule has 7 heteroatoms. The highest BCUT2D eigenvalue weighted by atomic mass is 35.5. The Kier molecular flexibility index (Phi) is 6.01. The van der Waals surface area contributed by atoms with Crippen molar-refractivity contribution in [1.82, 2.24) is 15.0 Å². The van der Waals surface area contributed by atoms with Crippen molar-refractivity contribution in [2.24, 2.45) is 11.7 Å². The monoisotopic (exact) mass is 460 g/mol. The first-order valence-electron chi connectivity index (χ1n) is 11.2. The Bertz CT molecular complexity index is 1290. The van der Waals surface area contributed by atoms with Crippen molar-refractivity contribution >= 4 is 28.5 Å². The molecule has 1 aliphatic rings. The smallest absolute Gasteiger partial charge is 0.217 e. The molecule has 33 heavy (non-hydrogen) atoms. The molecule has 0 spiro atoms. The molecule has 0 aliphatic heterocycles. The van der Waals surface area contributed by atoms with Crippen LogP contribution in [0.15, 0.2) is 60.7 Å². The predicted octanol–water partition coefficient (Wildman–Crippen LogP) is 5.62. The number of rotatable bonds is 7. The van der Waals surface area contributed by atoms with E-state index in [1.54, 1.807) is 6.07 Å². The fourth-order valence-electron chi connectivity index (χ4n) is 4.70. The highest BCUT2D eigenvalue weighted by Crippen LogP contribution is 2.41. The van der Waals surface area contributed by atoms with Gasteiger partial charge in [-0.3, -0.25) is 4.79 Å². The number of primary amides is 1. The van der Waals surface area contributed by atoms with Gasteiger partial charge < -0.3 is 15.5 Å². The number of aromatic nitrogens is 3. The highest BCUT2D eigenvalue weighted by molar-refractivity contribution is 6.30. The van der Waals surface area contributed by atoms with E-state index in [0.29, 0.717) is 35.5 Å². The van der Waals surface area contributed by atoms with Crippen LogP contribution in [0, 0.1) is 5.92 Å². The Morgan fingerprint density at radius 3 is 2.73 bits per heavy atom. The molecule has 3 N–H and O–H groups in total. The summed E-state index contributed by atoms with van der Waals surface area (Å²) in [7, 11) is 0. The van der Waals surface area contributed by atoms with Crippen LogP contribution in [0.3, 0.4) is 0 Å². The van der Waals surface area contributed by atoms with Gasteiger partial charge in [0.25, 0.3) is 0 Å². The quantitative estimate of drug-likeness (QED) is 0.374. The number of nitrogens with one attached hydrogen (secondary N) is 1. The third-order valence-corrected chi connectivity index (χ3v) is 6.45. The summed E-state index contributed by atoms with van der Waals surface area (Å²) < 4.78 is 5.93. The summed E-state index contributed by atoms with van der Waals surface area (Å²) in [4.78, 5) is 24.7. The van der Waals surface area contributed by atoms with Gasteiger partial charge in [-0.25, -0.2) is 9.97 Å². The SMILES string of the molecule is NC(=O)C[C@@H]1CCC(c2nc(-c3ccccc3)nc3[nH]c(COc4cccc(Cl)c4)cc23)C1. The summed E-state index contributed by atoms with van der Waals surface area (Å²) in [6.07, 6.45) is 3.30. The van der Waals surface area contributed by atoms with Crippen molar-refractivity contribution in [2.75, 3.05) is 0 Å². The summed E-state index contributed by atoms with van der Waals surface area (Å²) in [6.45, 7) is 0.367. The molecular weight excluding hydrogens is 436 g/mol. The normalized spacial score (nSPS) is 18.0. The van der Waals surface area contributed by atoms with Gasteiger partial charge in [0.1, 0.15) is 18.0 Å². The molecule has 1 aliphatic carbocycles. The minimum atomic E-state index is -0.236. The molecule has 2 atom stereocenters. The number of ether oxygens (including phenoxy) is 1. The number of H-pyrrole nitrogens is 1. The topological polar surface area (TPSA) is 93.9 Å². The zero-order chi connectivity index (χ0) is 22.8. The number of nitrogens with two attached hydrogens (primary N) is 1. The van der Waals surface area contributed by atoms with Gasteiger partial charge in [-0.1, -0.05) is 48.0 Å². The Balaban J connectivity index is 1.48. The molecule has 1 fully saturated rings. The van der Waals surface area contributed by atoms with Crippen LogP contribution in [0.1, 0.15) is 43.0 Å². The molecule has 0 radical (unpaired) electrons. The molecule has 1 amide bonds. The second kappa shape index (κ2) is 9.24. The average molecular weight is 461 g/mol. The molecular formula is C26H25ClN4O2. The van der Waals surface area contributed by atoms with Gasteiger partial charge in [-0.2, -0.15) is 0 Å². The third-order valence-electron chi connectivity index (χ3n) is 6.21. The van der Waals surface area contributed by atoms with Crippen LogP contribution in [0.25, 0.3) is 22.4 Å². The molecule has 0 saturated heterocycles. The van der Waals surface area contributed by atoms with E-state index in [2.05, 4.69) is 11.1 Å². The Morgan fingerprint density at radius 1 is 1.09 bits per heavy atom. The van der Waals surface area contributed by atoms with Crippen LogP contribution >= 0.6 is 11.6 Å². The lowest BCUT2D eigenvalue weighted by molar-refractivity contribution is -0.118. The fraction of sp³-hybridized carbons (Fsp3) is 0.269. The van der Waals surface area contributed by atoms with E-state index in [-0.39, 0.29) is 11.8 Å². The molecule has 2 aromatic carbocycles. The molecule has 2 aromatic heterocycles. The molecule has 0 bridgehead atoms. The van der Waals surface area contributed by atoms with Gasteiger partial charge in [0, 0.05) is 28.3 Å². The van der Waals surface area contributed by atoms with Crippen LogP contribution in [0.4, 0.5) is 0 Å². The number of nitrogens with zero attached hydrogens (tertiary/aromatic N) is 2. The van der Waals surface area contributed by atoms with E-state index in [1.165, 1.54) is 0 Å². The summed E-state index contributed by atoms with van der Waals surface area (Å²) in [6, 6.07) is 19.4. The summed E-state index contributed by atoms with van der Waals surface area (Å²) in [5.41, 5.74) is 9.15. The lowest BCUT2D eigenvalue weighted by atomic mass is 9.97. The van der Waals surface area contributed by atoms with E-state index < -0.39 is 0 Å². The molecule has 5 rings (SSSR count). The largest absolute Gasteiger partial charge is 0.487 e. The first-order valence-corrected chi connectivity index (χ1v) is 11.5. The standard InChI is InChI=1S/C26H25ClN4O2/c27-19-7-4-8-21(13-19)33-15-20-14-22-24(18-10-9-16(11-18)12-23(28)32)30-25(31-26(22)29-20)17-5-2-1-3-6-17/h1-8,13-14,16,18H,9-12,15H2,(H2,28,32)(H,29,30,31)/t16-,18?/m1/s1. The number of carbonyl (C=O) groups is 1. The number of hydrogen-bond donors (Lipinski definition) is 2. The van der Waals surface area contributed by atoms with Crippen molar-refractivity contribution in [3.8, 4) is 17.1 Å². The van der Waals surface area contributed by atoms with Crippen molar-refractivity contribution in [3.05, 3.63) is 77.1 Å². The Hall–Kier alpha value is -3.38. The molecule has 168 valence electrons. The van der Waals surface area contributed by atoms with Gasteiger partial charge >= 0.3 is 0 Å². The average Bonchev–Trinajstić information content (AvgIpc) is 3.44. The van der Waals surface area contributed by atoms with Crippen molar-refractivity contribution in [3.63, 3.8) is 0 Å². The predicted molar refractivity (Wildman–Crippen MR) is 129 cm³/mol. The van der Waals surface area contributed by atoms with Crippen LogP contribution in [-0.4, -0.2) is 20.9 Å². The van der Waals surface area contributed by atoms with Crippen LogP contribution in [-0.2, 0) is 11.4 Å². The summed E-state index contributed by atoms with van der Waals surface area (Å²) >= 11 is 6.07. The lowest BCUT2D eigenvalue weighted by Crippen LogP contribution is -2.14. The summed E-state index contributed by atoms with van der Waals surface area (Å²) in [5.74, 6) is 1.74. The van der Waals surface area contributed by atoms with Gasteiger partial charge in [-0.05, 0) is 49.4 Å². The molecule has 1 unspecified atom stereocenters. The minimum Gasteiger partial charge on any atom is -0.487 e. The van der Waals surface area contributed by atoms with E-state index in [9.17, 15) is 4.79 Å². The molecule has 1 saturated carbocycles. The lowest BCUT2D eigenvalue weighted by Gasteiger charge is -2.13. The number of hydrogen-bond acceptors (Lipinski definition) is 4. The maximum atomic E-state index is 11.4. The van der Waals surface area contributed by atoms with E-state index in [0.717, 1.165) is 47.2 Å². The molecule has 6 nitrogen and oxygen atoms in total. The second-order valence-corrected chi connectivity index (χ2v) is 9.08. The number of halogens is 1. The van der Waals surface area contributed by atoms with Crippen molar-refractivity contribution in [2.45, 2.75) is 38.2 Å². The Labute approximate surface area is 197 Å². The number of carbonyl (C=O) groups excluding carboxylic acids is 1. The van der Waals surface area contributed by atoms with Gasteiger partial charge in [0.05, 0.1) is 11.4 Å². The number of aromatic amines is 1. The maximum Gasteiger partial charge on any atom is 0.217 e. The first-order chi connectivity index (χ1) is 16.0. The first kappa shape index (κ1) is 21.5. The van der Waals surface area contributed by atoms with Crippen molar-refractivity contribution in [1.29, 1.82) is 0 Å². The van der Waals surface area contributed by atoms with Crippen LogP contribution in [0.2, 0.25) is 5.02 Å². The molecule has 4 aromatic rings. The minimum absolute atomic E-state index is 0.236. The van der Waals surface area contributed by atoms with E-state index in [4.69, 9.17) is 32.0 Å². The number of benzene rings is 2. The van der Waals surface area contributed by atoms with Gasteiger partial charge in [0.2, 0.25) is 5.91 Å². The van der Waals surface area contributed by atoms with Crippen molar-refractivity contribution < 1.29 is 9.53 Å². The van der Waals surface area contributed by atoms with Gasteiger partial charge in [0.15, 0.2) is 5.82 Å². The zero-order valence-electron chi connectivity index (χ0n) is 18.1. The van der Waals surface area contributed by atoms with E-state index in [1.807, 2.05) is 48.5 Å². The Morgan fingerprint density at radius 2 is 1.94 bits per heavy atom. The third kappa shape index (κ3) is 4.86. The highest BCUT2D eigenvalue weighted by Gasteiger charge is 2.30. The van der Waals surface area contributed by atoms with E-state index >= 15 is 0 Å². The fourth-order valence-corrected chi connectivity index (χ4v) is 4.88. The van der Waals surface area contributed by atoms with Crippen LogP contribution in [0.5, 0.6) is 5.75 Å². The zero-order valence-corrected chi connectivity index (χ0v) is 18.9. The molecule has 2 heterocycles. The van der Waals surface area contributed by atoms with Gasteiger partial charge in [-0.15, -0.1) is 0 Å². The number of amides is 1. The number of fused-ring (bicyclic) bond motifs is 1. The second-order valence-electron chi connectivity index (χ2n) is 8.65.